The lowest BCUT2D eigenvalue weighted by Gasteiger charge is -2.46. The van der Waals surface area contributed by atoms with Crippen LogP contribution in [0, 0.1) is 13.8 Å². The molecule has 2 heterocycles. The van der Waals surface area contributed by atoms with E-state index in [0.29, 0.717) is 29.9 Å². The van der Waals surface area contributed by atoms with Crippen LogP contribution in [0.4, 0.5) is 0 Å². The average molecular weight is 501 g/mol. The van der Waals surface area contributed by atoms with Crippen LogP contribution in [0.2, 0.25) is 0 Å². The summed E-state index contributed by atoms with van der Waals surface area (Å²) >= 11 is 0. The van der Waals surface area contributed by atoms with Crippen LogP contribution in [0.5, 0.6) is 0 Å². The van der Waals surface area contributed by atoms with Crippen LogP contribution in [0.25, 0.3) is 0 Å². The lowest BCUT2D eigenvalue weighted by atomic mass is 9.79. The smallest absolute Gasteiger partial charge is 0.287 e. The molecule has 1 aliphatic heterocycles. The van der Waals surface area contributed by atoms with Gasteiger partial charge in [0.1, 0.15) is 5.76 Å². The van der Waals surface area contributed by atoms with Crippen LogP contribution in [0.3, 0.4) is 0 Å². The van der Waals surface area contributed by atoms with Gasteiger partial charge in [-0.1, -0.05) is 17.7 Å². The van der Waals surface area contributed by atoms with Gasteiger partial charge >= 0.3 is 0 Å². The van der Waals surface area contributed by atoms with Crippen molar-refractivity contribution in [2.45, 2.75) is 95.7 Å². The topological polar surface area (TPSA) is 113 Å². The molecule has 1 saturated heterocycles. The Morgan fingerprint density at radius 2 is 1.69 bits per heavy atom. The van der Waals surface area contributed by atoms with E-state index in [0.717, 1.165) is 30.4 Å². The van der Waals surface area contributed by atoms with E-state index >= 15 is 0 Å². The molecule has 9 heteroatoms. The Bertz CT molecular complexity index is 1240. The number of nitrogens with one attached hydrogen (secondary N) is 3. The van der Waals surface area contributed by atoms with Crippen molar-refractivity contribution in [1.29, 1.82) is 0 Å². The standard InChI is InChI=1S/C26H36N4O4S/c1-16-10-12-19(13-11-16)35(32,33)30-28-20-8-7-9-21-22(20)17(2)23(34-21)24(31)27-18-14-25(3,4)29-26(5,6)15-18/h10-13,18,29-30H,7-9,14-15H2,1-6H3,(H,27,31)/b28-20+. The molecule has 4 rings (SSSR count). The molecule has 0 unspecified atom stereocenters. The Kier molecular flexibility index (Phi) is 6.61. The van der Waals surface area contributed by atoms with Gasteiger partial charge in [-0.05, 0) is 79.4 Å². The van der Waals surface area contributed by atoms with Crippen molar-refractivity contribution >= 4 is 21.6 Å². The molecule has 3 N–H and O–H groups in total. The van der Waals surface area contributed by atoms with Gasteiger partial charge in [-0.25, -0.2) is 0 Å². The predicted octanol–water partition coefficient (Wildman–Crippen LogP) is 3.95. The van der Waals surface area contributed by atoms with Crippen LogP contribution < -0.4 is 15.5 Å². The summed E-state index contributed by atoms with van der Waals surface area (Å²) in [6.07, 6.45) is 3.68. The second kappa shape index (κ2) is 9.09. The highest BCUT2D eigenvalue weighted by Crippen LogP contribution is 2.32. The Labute approximate surface area is 208 Å². The number of piperidine rings is 1. The molecular formula is C26H36N4O4S. The molecule has 0 radical (unpaired) electrons. The zero-order chi connectivity index (χ0) is 25.6. The molecule has 0 bridgehead atoms. The minimum Gasteiger partial charge on any atom is -0.455 e. The summed E-state index contributed by atoms with van der Waals surface area (Å²) in [5, 5.41) is 11.1. The monoisotopic (exact) mass is 500 g/mol. The molecule has 1 aliphatic carbocycles. The Balaban J connectivity index is 1.55. The lowest BCUT2D eigenvalue weighted by Crippen LogP contribution is -2.62. The van der Waals surface area contributed by atoms with Gasteiger partial charge in [0.2, 0.25) is 0 Å². The van der Waals surface area contributed by atoms with Gasteiger partial charge < -0.3 is 15.1 Å². The predicted molar refractivity (Wildman–Crippen MR) is 136 cm³/mol. The van der Waals surface area contributed by atoms with Crippen molar-refractivity contribution in [3.05, 3.63) is 52.5 Å². The quantitative estimate of drug-likeness (QED) is 0.538. The fraction of sp³-hybridized carbons (Fsp3) is 0.538. The molecule has 8 nitrogen and oxygen atoms in total. The Morgan fingerprint density at radius 3 is 2.31 bits per heavy atom. The minimum absolute atomic E-state index is 0.0183. The maximum Gasteiger partial charge on any atom is 0.287 e. The summed E-state index contributed by atoms with van der Waals surface area (Å²) in [4.78, 5) is 15.8. The fourth-order valence-electron chi connectivity index (χ4n) is 5.56. The minimum atomic E-state index is -3.80. The summed E-state index contributed by atoms with van der Waals surface area (Å²) in [7, 11) is -3.80. The van der Waals surface area contributed by atoms with Crippen LogP contribution in [-0.2, 0) is 16.4 Å². The van der Waals surface area contributed by atoms with E-state index < -0.39 is 10.0 Å². The number of carbonyl (C=O) groups is 1. The van der Waals surface area contributed by atoms with Crippen LogP contribution >= 0.6 is 0 Å². The number of hydrogen-bond acceptors (Lipinski definition) is 6. The van der Waals surface area contributed by atoms with E-state index in [1.807, 2.05) is 13.8 Å². The summed E-state index contributed by atoms with van der Waals surface area (Å²) in [6.45, 7) is 12.3. The van der Waals surface area contributed by atoms with E-state index in [1.165, 1.54) is 0 Å². The number of carbonyl (C=O) groups excluding carboxylic acids is 1. The SMILES string of the molecule is Cc1ccc(S(=O)(=O)N/N=C2\CCCc3oc(C(=O)NC4CC(C)(C)NC(C)(C)C4)c(C)c32)cc1. The summed E-state index contributed by atoms with van der Waals surface area (Å²) in [6, 6.07) is 6.62. The number of benzene rings is 1. The molecule has 2 aliphatic rings. The third kappa shape index (κ3) is 5.62. The molecular weight excluding hydrogens is 464 g/mol. The van der Waals surface area contributed by atoms with Crippen molar-refractivity contribution < 1.29 is 17.6 Å². The first-order valence-corrected chi connectivity index (χ1v) is 13.6. The number of furan rings is 1. The average Bonchev–Trinajstić information content (AvgIpc) is 3.08. The second-order valence-corrected chi connectivity index (χ2v) is 12.8. The van der Waals surface area contributed by atoms with Gasteiger partial charge in [0.05, 0.1) is 10.6 Å². The molecule has 0 atom stereocenters. The van der Waals surface area contributed by atoms with E-state index in [2.05, 4.69) is 48.3 Å². The number of rotatable bonds is 5. The highest BCUT2D eigenvalue weighted by molar-refractivity contribution is 7.89. The van der Waals surface area contributed by atoms with Gasteiger partial charge in [-0.2, -0.15) is 18.4 Å². The van der Waals surface area contributed by atoms with Gasteiger partial charge in [-0.3, -0.25) is 4.79 Å². The second-order valence-electron chi connectivity index (χ2n) is 11.1. The van der Waals surface area contributed by atoms with Crippen molar-refractivity contribution in [2.24, 2.45) is 5.10 Å². The molecule has 35 heavy (non-hydrogen) atoms. The van der Waals surface area contributed by atoms with Gasteiger partial charge in [-0.15, -0.1) is 0 Å². The highest BCUT2D eigenvalue weighted by atomic mass is 32.2. The molecule has 1 fully saturated rings. The number of sulfonamides is 1. The van der Waals surface area contributed by atoms with E-state index in [4.69, 9.17) is 4.42 Å². The molecule has 0 saturated carbocycles. The van der Waals surface area contributed by atoms with E-state index in [-0.39, 0.29) is 33.7 Å². The summed E-state index contributed by atoms with van der Waals surface area (Å²) < 4.78 is 31.4. The number of fused-ring (bicyclic) bond motifs is 1. The lowest BCUT2D eigenvalue weighted by molar-refractivity contribution is 0.0843. The molecule has 1 aromatic heterocycles. The molecule has 1 aromatic carbocycles. The molecule has 2 aromatic rings. The fourth-order valence-corrected chi connectivity index (χ4v) is 6.39. The van der Waals surface area contributed by atoms with E-state index in [1.54, 1.807) is 24.3 Å². The maximum absolute atomic E-state index is 13.2. The van der Waals surface area contributed by atoms with Gasteiger partial charge in [0.25, 0.3) is 15.9 Å². The van der Waals surface area contributed by atoms with Gasteiger partial charge in [0, 0.05) is 34.7 Å². The first-order valence-electron chi connectivity index (χ1n) is 12.1. The maximum atomic E-state index is 13.2. The number of nitrogens with zero attached hydrogens (tertiary/aromatic N) is 1. The van der Waals surface area contributed by atoms with Crippen molar-refractivity contribution in [3.63, 3.8) is 0 Å². The molecule has 0 spiro atoms. The Morgan fingerprint density at radius 1 is 1.06 bits per heavy atom. The normalized spacial score (nSPS) is 20.9. The van der Waals surface area contributed by atoms with E-state index in [9.17, 15) is 13.2 Å². The molecule has 1 amide bonds. The first-order chi connectivity index (χ1) is 16.3. The first kappa shape index (κ1) is 25.4. The number of amides is 1. The summed E-state index contributed by atoms with van der Waals surface area (Å²) in [5.74, 6) is 0.716. The van der Waals surface area contributed by atoms with Gasteiger partial charge in [0.15, 0.2) is 5.76 Å². The van der Waals surface area contributed by atoms with Crippen molar-refractivity contribution in [1.82, 2.24) is 15.5 Å². The third-order valence-corrected chi connectivity index (χ3v) is 7.91. The zero-order valence-electron chi connectivity index (χ0n) is 21.4. The molecule has 190 valence electrons. The van der Waals surface area contributed by atoms with Crippen LogP contribution in [-0.4, -0.2) is 37.2 Å². The number of hydrogen-bond donors (Lipinski definition) is 3. The summed E-state index contributed by atoms with van der Waals surface area (Å²) in [5.41, 5.74) is 2.81. The van der Waals surface area contributed by atoms with Crippen LogP contribution in [0.1, 0.15) is 86.4 Å². The van der Waals surface area contributed by atoms with Crippen molar-refractivity contribution in [3.8, 4) is 0 Å². The van der Waals surface area contributed by atoms with Crippen LogP contribution in [0.15, 0.2) is 38.7 Å². The van der Waals surface area contributed by atoms with Crippen molar-refractivity contribution in [2.75, 3.05) is 0 Å². The zero-order valence-corrected chi connectivity index (χ0v) is 22.2. The number of aryl methyl sites for hydroxylation is 2. The number of hydrazone groups is 1. The highest BCUT2D eigenvalue weighted by Gasteiger charge is 2.39. The largest absolute Gasteiger partial charge is 0.455 e. The third-order valence-electron chi connectivity index (χ3n) is 6.69. The Hall–Kier alpha value is -2.65.